The number of ether oxygens (including phenoxy) is 2. The second-order valence-corrected chi connectivity index (χ2v) is 6.78. The number of anilines is 3. The molecule has 3 aromatic rings. The van der Waals surface area contributed by atoms with Crippen molar-refractivity contribution in [1.29, 1.82) is 0 Å². The zero-order valence-corrected chi connectivity index (χ0v) is 16.3. The summed E-state index contributed by atoms with van der Waals surface area (Å²) in [7, 11) is 3.32. The maximum absolute atomic E-state index is 5.45. The van der Waals surface area contributed by atoms with Gasteiger partial charge in [-0.05, 0) is 54.3 Å². The summed E-state index contributed by atoms with van der Waals surface area (Å²) in [6, 6.07) is 12.2. The minimum absolute atomic E-state index is 0.487. The highest BCUT2D eigenvalue weighted by molar-refractivity contribution is 5.56. The van der Waals surface area contributed by atoms with Crippen molar-refractivity contribution in [3.63, 3.8) is 0 Å². The SMILES string of the molecule is COc1cc2c(cc1OC)CN(c1cnnc(Nc3cccc(C)c3)n1)CC2. The van der Waals surface area contributed by atoms with Crippen LogP contribution in [0.4, 0.5) is 17.5 Å². The van der Waals surface area contributed by atoms with Crippen molar-refractivity contribution in [2.24, 2.45) is 0 Å². The Balaban J connectivity index is 1.56. The van der Waals surface area contributed by atoms with E-state index in [4.69, 9.17) is 9.47 Å². The molecule has 0 saturated heterocycles. The number of fused-ring (bicyclic) bond motifs is 1. The van der Waals surface area contributed by atoms with Crippen LogP contribution in [0.5, 0.6) is 11.5 Å². The van der Waals surface area contributed by atoms with E-state index in [0.717, 1.165) is 42.5 Å². The molecule has 144 valence electrons. The Morgan fingerprint density at radius 1 is 1.04 bits per heavy atom. The maximum atomic E-state index is 5.45. The molecule has 0 radical (unpaired) electrons. The lowest BCUT2D eigenvalue weighted by molar-refractivity contribution is 0.353. The number of rotatable bonds is 5. The maximum Gasteiger partial charge on any atom is 0.249 e. The van der Waals surface area contributed by atoms with E-state index in [9.17, 15) is 0 Å². The van der Waals surface area contributed by atoms with Crippen molar-refractivity contribution >= 4 is 17.5 Å². The van der Waals surface area contributed by atoms with E-state index < -0.39 is 0 Å². The molecular formula is C21H23N5O2. The number of nitrogens with zero attached hydrogens (tertiary/aromatic N) is 4. The summed E-state index contributed by atoms with van der Waals surface area (Å²) in [5.41, 5.74) is 4.59. The van der Waals surface area contributed by atoms with E-state index in [1.54, 1.807) is 20.4 Å². The van der Waals surface area contributed by atoms with Crippen LogP contribution in [-0.4, -0.2) is 35.9 Å². The second kappa shape index (κ2) is 7.72. The highest BCUT2D eigenvalue weighted by Crippen LogP contribution is 2.34. The van der Waals surface area contributed by atoms with E-state index in [2.05, 4.69) is 44.5 Å². The molecule has 2 heterocycles. The zero-order chi connectivity index (χ0) is 19.5. The molecule has 2 aromatic carbocycles. The lowest BCUT2D eigenvalue weighted by Crippen LogP contribution is -2.31. The number of aryl methyl sites for hydroxylation is 1. The Kier molecular flexibility index (Phi) is 4.97. The van der Waals surface area contributed by atoms with Gasteiger partial charge in [-0.15, -0.1) is 5.10 Å². The third-order valence-electron chi connectivity index (χ3n) is 4.86. The van der Waals surface area contributed by atoms with Gasteiger partial charge in [0.25, 0.3) is 0 Å². The van der Waals surface area contributed by atoms with Crippen LogP contribution in [0.15, 0.2) is 42.6 Å². The van der Waals surface area contributed by atoms with E-state index in [1.807, 2.05) is 24.3 Å². The average Bonchev–Trinajstić information content (AvgIpc) is 2.72. The van der Waals surface area contributed by atoms with Crippen LogP contribution in [0.25, 0.3) is 0 Å². The van der Waals surface area contributed by atoms with Crippen LogP contribution in [0.1, 0.15) is 16.7 Å². The molecule has 0 fully saturated rings. The molecule has 1 N–H and O–H groups in total. The fourth-order valence-corrected chi connectivity index (χ4v) is 3.43. The fraction of sp³-hybridized carbons (Fsp3) is 0.286. The first-order chi connectivity index (χ1) is 13.7. The van der Waals surface area contributed by atoms with Crippen molar-refractivity contribution in [3.8, 4) is 11.5 Å². The van der Waals surface area contributed by atoms with Crippen LogP contribution in [-0.2, 0) is 13.0 Å². The van der Waals surface area contributed by atoms with Gasteiger partial charge in [0.05, 0.1) is 20.4 Å². The molecule has 28 heavy (non-hydrogen) atoms. The molecule has 0 unspecified atom stereocenters. The van der Waals surface area contributed by atoms with Gasteiger partial charge >= 0.3 is 0 Å². The standard InChI is InChI=1S/C21H23N5O2/c1-14-5-4-6-17(9-14)23-21-24-20(12-22-25-21)26-8-7-15-10-18(27-2)19(28-3)11-16(15)13-26/h4-6,9-12H,7-8,13H2,1-3H3,(H,23,24,25). The van der Waals surface area contributed by atoms with E-state index in [0.29, 0.717) is 5.95 Å². The summed E-state index contributed by atoms with van der Waals surface area (Å²) in [5, 5.41) is 11.5. The Labute approximate surface area is 164 Å². The molecule has 1 aliphatic rings. The second-order valence-electron chi connectivity index (χ2n) is 6.78. The number of hydrogen-bond donors (Lipinski definition) is 1. The van der Waals surface area contributed by atoms with E-state index in [-0.39, 0.29) is 0 Å². The first kappa shape index (κ1) is 18.0. The average molecular weight is 377 g/mol. The van der Waals surface area contributed by atoms with Crippen molar-refractivity contribution in [2.45, 2.75) is 19.9 Å². The number of aromatic nitrogens is 3. The Morgan fingerprint density at radius 2 is 1.82 bits per heavy atom. The van der Waals surface area contributed by atoms with Gasteiger partial charge in [0.15, 0.2) is 17.3 Å². The summed E-state index contributed by atoms with van der Waals surface area (Å²) in [4.78, 5) is 6.85. The minimum Gasteiger partial charge on any atom is -0.493 e. The van der Waals surface area contributed by atoms with Gasteiger partial charge in [0.2, 0.25) is 5.95 Å². The molecule has 0 atom stereocenters. The highest BCUT2D eigenvalue weighted by atomic mass is 16.5. The predicted molar refractivity (Wildman–Crippen MR) is 109 cm³/mol. The van der Waals surface area contributed by atoms with Crippen LogP contribution in [0, 0.1) is 6.92 Å². The molecule has 4 rings (SSSR count). The van der Waals surface area contributed by atoms with Crippen LogP contribution in [0.2, 0.25) is 0 Å². The molecule has 0 spiro atoms. The molecule has 0 bridgehead atoms. The number of hydrogen-bond acceptors (Lipinski definition) is 7. The predicted octanol–water partition coefficient (Wildman–Crippen LogP) is 3.50. The van der Waals surface area contributed by atoms with Crippen LogP contribution in [0.3, 0.4) is 0 Å². The molecule has 0 amide bonds. The fourth-order valence-electron chi connectivity index (χ4n) is 3.43. The van der Waals surface area contributed by atoms with Gasteiger partial charge in [-0.3, -0.25) is 0 Å². The minimum atomic E-state index is 0.487. The van der Waals surface area contributed by atoms with Crippen molar-refractivity contribution in [1.82, 2.24) is 15.2 Å². The normalized spacial score (nSPS) is 13.0. The summed E-state index contributed by atoms with van der Waals surface area (Å²) in [6.45, 7) is 3.64. The zero-order valence-electron chi connectivity index (χ0n) is 16.3. The molecule has 7 heteroatoms. The molecule has 1 aromatic heterocycles. The Hall–Kier alpha value is -3.35. The quantitative estimate of drug-likeness (QED) is 0.729. The van der Waals surface area contributed by atoms with Gasteiger partial charge < -0.3 is 19.7 Å². The molecule has 0 aliphatic carbocycles. The lowest BCUT2D eigenvalue weighted by Gasteiger charge is -2.30. The van der Waals surface area contributed by atoms with Gasteiger partial charge in [0.1, 0.15) is 0 Å². The van der Waals surface area contributed by atoms with Gasteiger partial charge in [-0.2, -0.15) is 10.1 Å². The Morgan fingerprint density at radius 3 is 2.57 bits per heavy atom. The number of benzene rings is 2. The number of methoxy groups -OCH3 is 2. The first-order valence-electron chi connectivity index (χ1n) is 9.18. The van der Waals surface area contributed by atoms with Crippen LogP contribution >= 0.6 is 0 Å². The van der Waals surface area contributed by atoms with Crippen molar-refractivity contribution in [2.75, 3.05) is 31.0 Å². The molecule has 1 aliphatic heterocycles. The molecule has 7 nitrogen and oxygen atoms in total. The lowest BCUT2D eigenvalue weighted by atomic mass is 9.99. The summed E-state index contributed by atoms with van der Waals surface area (Å²) in [6.07, 6.45) is 2.60. The highest BCUT2D eigenvalue weighted by Gasteiger charge is 2.21. The van der Waals surface area contributed by atoms with E-state index in [1.165, 1.54) is 16.7 Å². The molecule has 0 saturated carbocycles. The van der Waals surface area contributed by atoms with Gasteiger partial charge in [-0.25, -0.2) is 0 Å². The van der Waals surface area contributed by atoms with E-state index >= 15 is 0 Å². The largest absolute Gasteiger partial charge is 0.493 e. The van der Waals surface area contributed by atoms with Gasteiger partial charge in [0, 0.05) is 18.8 Å². The van der Waals surface area contributed by atoms with Crippen molar-refractivity contribution < 1.29 is 9.47 Å². The summed E-state index contributed by atoms with van der Waals surface area (Å²) >= 11 is 0. The van der Waals surface area contributed by atoms with Gasteiger partial charge in [-0.1, -0.05) is 12.1 Å². The van der Waals surface area contributed by atoms with Crippen molar-refractivity contribution in [3.05, 3.63) is 59.3 Å². The topological polar surface area (TPSA) is 72.4 Å². The summed E-state index contributed by atoms with van der Waals surface area (Å²) in [5.74, 6) is 2.79. The molecular weight excluding hydrogens is 354 g/mol. The smallest absolute Gasteiger partial charge is 0.249 e. The number of nitrogens with one attached hydrogen (secondary N) is 1. The summed E-state index contributed by atoms with van der Waals surface area (Å²) < 4.78 is 10.9. The Bertz CT molecular complexity index is 992. The third-order valence-corrected chi connectivity index (χ3v) is 4.86. The van der Waals surface area contributed by atoms with Crippen LogP contribution < -0.4 is 19.7 Å². The monoisotopic (exact) mass is 377 g/mol. The first-order valence-corrected chi connectivity index (χ1v) is 9.18. The third kappa shape index (κ3) is 3.69.